The monoisotopic (exact) mass is 272 g/mol. The van der Waals surface area contributed by atoms with E-state index in [0.29, 0.717) is 5.56 Å². The first-order valence-corrected chi connectivity index (χ1v) is 5.18. The van der Waals surface area contributed by atoms with Crippen LogP contribution in [-0.2, 0) is 0 Å². The van der Waals surface area contributed by atoms with Crippen molar-refractivity contribution in [3.63, 3.8) is 0 Å². The number of nitrogen functional groups attached to an aromatic ring is 1. The average molecular weight is 274 g/mol. The van der Waals surface area contributed by atoms with Crippen LogP contribution in [-0.4, -0.2) is 11.1 Å². The van der Waals surface area contributed by atoms with Crippen molar-refractivity contribution in [3.8, 4) is 6.07 Å². The Hall–Kier alpha value is -1.05. The van der Waals surface area contributed by atoms with Crippen LogP contribution in [0.5, 0.6) is 0 Å². The quantitative estimate of drug-likeness (QED) is 0.511. The van der Waals surface area contributed by atoms with Gasteiger partial charge in [-0.2, -0.15) is 5.26 Å². The lowest BCUT2D eigenvalue weighted by Crippen LogP contribution is -2.03. The van der Waals surface area contributed by atoms with Gasteiger partial charge in [0.1, 0.15) is 0 Å². The summed E-state index contributed by atoms with van der Waals surface area (Å²) in [4.78, 5) is 11.4. The molecule has 2 N–H and O–H groups in total. The molecule has 1 aromatic carbocycles. The summed E-state index contributed by atoms with van der Waals surface area (Å²) in [6.45, 7) is 0. The van der Waals surface area contributed by atoms with E-state index in [0.717, 1.165) is 0 Å². The van der Waals surface area contributed by atoms with E-state index in [9.17, 15) is 4.79 Å². The number of nitrogens with zero attached hydrogens (tertiary/aromatic N) is 1. The van der Waals surface area contributed by atoms with Crippen molar-refractivity contribution in [1.29, 1.82) is 5.26 Å². The number of Topliss-reactive ketones (excluding diaryl/α,β-unsaturated/α-hetero) is 1. The van der Waals surface area contributed by atoms with Crippen molar-refractivity contribution in [2.45, 2.75) is 0 Å². The molecule has 0 heterocycles. The highest BCUT2D eigenvalue weighted by atomic mass is 79.9. The van der Waals surface area contributed by atoms with Crippen LogP contribution < -0.4 is 5.73 Å². The molecule has 0 atom stereocenters. The van der Waals surface area contributed by atoms with E-state index in [-0.39, 0.29) is 27.4 Å². The second kappa shape index (κ2) is 4.45. The van der Waals surface area contributed by atoms with Crippen LogP contribution in [0.2, 0.25) is 5.02 Å². The molecule has 0 fully saturated rings. The van der Waals surface area contributed by atoms with E-state index < -0.39 is 0 Å². The van der Waals surface area contributed by atoms with E-state index in [1.54, 1.807) is 0 Å². The van der Waals surface area contributed by atoms with Gasteiger partial charge in [-0.05, 0) is 12.1 Å². The van der Waals surface area contributed by atoms with Gasteiger partial charge in [-0.3, -0.25) is 4.79 Å². The van der Waals surface area contributed by atoms with Crippen LogP contribution >= 0.6 is 27.5 Å². The standard InChI is InChI=1S/C9H6BrClN2O/c10-3-8(14)6-1-5(4-12)2-7(13)9(6)11/h1-2H,3,13H2. The summed E-state index contributed by atoms with van der Waals surface area (Å²) in [5.74, 6) is -0.196. The van der Waals surface area contributed by atoms with Crippen molar-refractivity contribution < 1.29 is 4.79 Å². The number of carbonyl (C=O) groups excluding carboxylic acids is 1. The number of hydrogen-bond donors (Lipinski definition) is 1. The molecule has 0 spiro atoms. The minimum Gasteiger partial charge on any atom is -0.397 e. The van der Waals surface area contributed by atoms with E-state index in [4.69, 9.17) is 22.6 Å². The van der Waals surface area contributed by atoms with Crippen molar-refractivity contribution >= 4 is 39.0 Å². The first-order valence-electron chi connectivity index (χ1n) is 3.68. The Balaban J connectivity index is 3.36. The number of hydrogen-bond acceptors (Lipinski definition) is 3. The number of carbonyl (C=O) groups is 1. The molecule has 0 aliphatic heterocycles. The van der Waals surface area contributed by atoms with Gasteiger partial charge < -0.3 is 5.73 Å². The number of nitrogens with two attached hydrogens (primary N) is 1. The van der Waals surface area contributed by atoms with Gasteiger partial charge in [0.15, 0.2) is 5.78 Å². The van der Waals surface area contributed by atoms with Crippen LogP contribution in [0.1, 0.15) is 15.9 Å². The maximum absolute atomic E-state index is 11.4. The molecule has 5 heteroatoms. The second-order valence-corrected chi connectivity index (χ2v) is 3.53. The minimum absolute atomic E-state index is 0.154. The average Bonchev–Trinajstić information content (AvgIpc) is 2.20. The van der Waals surface area contributed by atoms with Gasteiger partial charge in [0.05, 0.1) is 27.7 Å². The van der Waals surface area contributed by atoms with Gasteiger partial charge in [0.25, 0.3) is 0 Å². The first kappa shape index (κ1) is 11.0. The molecule has 0 unspecified atom stereocenters. The zero-order chi connectivity index (χ0) is 10.7. The Morgan fingerprint density at radius 1 is 1.64 bits per heavy atom. The third-order valence-corrected chi connectivity index (χ3v) is 2.58. The van der Waals surface area contributed by atoms with Gasteiger partial charge in [-0.15, -0.1) is 0 Å². The number of ketones is 1. The van der Waals surface area contributed by atoms with Gasteiger partial charge in [0, 0.05) is 5.56 Å². The highest BCUT2D eigenvalue weighted by molar-refractivity contribution is 9.09. The summed E-state index contributed by atoms with van der Waals surface area (Å²) in [6, 6.07) is 4.78. The Morgan fingerprint density at radius 3 is 2.79 bits per heavy atom. The highest BCUT2D eigenvalue weighted by Crippen LogP contribution is 2.25. The maximum Gasteiger partial charge on any atom is 0.174 e. The Bertz CT molecular complexity index is 426. The molecule has 1 rings (SSSR count). The SMILES string of the molecule is N#Cc1cc(N)c(Cl)c(C(=O)CBr)c1. The normalized spacial score (nSPS) is 9.50. The molecule has 0 aromatic heterocycles. The lowest BCUT2D eigenvalue weighted by Gasteiger charge is -2.04. The predicted molar refractivity (Wildman–Crippen MR) is 58.7 cm³/mol. The molecular weight excluding hydrogens is 267 g/mol. The summed E-state index contributed by atoms with van der Waals surface area (Å²) in [5.41, 5.74) is 6.39. The van der Waals surface area contributed by atoms with Crippen molar-refractivity contribution in [3.05, 3.63) is 28.3 Å². The zero-order valence-electron chi connectivity index (χ0n) is 7.05. The number of benzene rings is 1. The Morgan fingerprint density at radius 2 is 2.29 bits per heavy atom. The molecule has 0 saturated heterocycles. The van der Waals surface area contributed by atoms with Crippen molar-refractivity contribution in [2.75, 3.05) is 11.1 Å². The number of nitriles is 1. The van der Waals surface area contributed by atoms with Crippen molar-refractivity contribution in [1.82, 2.24) is 0 Å². The van der Waals surface area contributed by atoms with Crippen LogP contribution in [0, 0.1) is 11.3 Å². The summed E-state index contributed by atoms with van der Waals surface area (Å²) in [7, 11) is 0. The molecule has 0 amide bonds. The van der Waals surface area contributed by atoms with Crippen LogP contribution in [0.4, 0.5) is 5.69 Å². The number of alkyl halides is 1. The fourth-order valence-corrected chi connectivity index (χ4v) is 1.50. The lowest BCUT2D eigenvalue weighted by atomic mass is 10.1. The molecule has 14 heavy (non-hydrogen) atoms. The van der Waals surface area contributed by atoms with Crippen LogP contribution in [0.25, 0.3) is 0 Å². The van der Waals surface area contributed by atoms with E-state index in [1.165, 1.54) is 12.1 Å². The summed E-state index contributed by atoms with van der Waals surface area (Å²) < 4.78 is 0. The van der Waals surface area contributed by atoms with Gasteiger partial charge in [0.2, 0.25) is 0 Å². The first-order chi connectivity index (χ1) is 6.60. The maximum atomic E-state index is 11.4. The van der Waals surface area contributed by atoms with Gasteiger partial charge in [-0.1, -0.05) is 27.5 Å². The largest absolute Gasteiger partial charge is 0.397 e. The minimum atomic E-state index is -0.196. The zero-order valence-corrected chi connectivity index (χ0v) is 9.39. The third-order valence-electron chi connectivity index (χ3n) is 1.65. The molecule has 0 bridgehead atoms. The molecule has 0 saturated carbocycles. The molecule has 3 nitrogen and oxygen atoms in total. The molecule has 0 aliphatic rings. The van der Waals surface area contributed by atoms with Crippen LogP contribution in [0.15, 0.2) is 12.1 Å². The number of halogens is 2. The molecule has 0 radical (unpaired) electrons. The smallest absolute Gasteiger partial charge is 0.174 e. The molecular formula is C9H6BrClN2O. The second-order valence-electron chi connectivity index (χ2n) is 2.60. The Labute approximate surface area is 94.6 Å². The van der Waals surface area contributed by atoms with E-state index >= 15 is 0 Å². The van der Waals surface area contributed by atoms with E-state index in [1.807, 2.05) is 6.07 Å². The molecule has 72 valence electrons. The van der Waals surface area contributed by atoms with Gasteiger partial charge in [-0.25, -0.2) is 0 Å². The fourth-order valence-electron chi connectivity index (χ4n) is 0.986. The summed E-state index contributed by atoms with van der Waals surface area (Å²) in [5, 5.41) is 9.02. The fraction of sp³-hybridized carbons (Fsp3) is 0.111. The molecule has 0 aliphatic carbocycles. The predicted octanol–water partition coefficient (Wildman–Crippen LogP) is 2.37. The Kier molecular flexibility index (Phi) is 3.50. The summed E-state index contributed by atoms with van der Waals surface area (Å²) in [6.07, 6.45) is 0. The lowest BCUT2D eigenvalue weighted by molar-refractivity contribution is 0.102. The van der Waals surface area contributed by atoms with Gasteiger partial charge >= 0.3 is 0 Å². The van der Waals surface area contributed by atoms with Crippen molar-refractivity contribution in [2.24, 2.45) is 0 Å². The summed E-state index contributed by atoms with van der Waals surface area (Å²) >= 11 is 8.84. The highest BCUT2D eigenvalue weighted by Gasteiger charge is 2.12. The molecule has 1 aromatic rings. The van der Waals surface area contributed by atoms with E-state index in [2.05, 4.69) is 15.9 Å². The third kappa shape index (κ3) is 2.06. The number of anilines is 1. The topological polar surface area (TPSA) is 66.9 Å². The number of rotatable bonds is 2. The van der Waals surface area contributed by atoms with Crippen LogP contribution in [0.3, 0.4) is 0 Å².